The van der Waals surface area contributed by atoms with Crippen LogP contribution in [0, 0.1) is 11.8 Å². The summed E-state index contributed by atoms with van der Waals surface area (Å²) in [6.07, 6.45) is 0.0846. The van der Waals surface area contributed by atoms with Gasteiger partial charge in [-0.2, -0.15) is 5.11 Å². The number of hydrogen-bond acceptors (Lipinski definition) is 8. The van der Waals surface area contributed by atoms with E-state index in [2.05, 4.69) is 37.3 Å². The van der Waals surface area contributed by atoms with Gasteiger partial charge in [0.2, 0.25) is 5.84 Å². The third kappa shape index (κ3) is 6.02. The number of aliphatic imine (C=N–C) groups is 1. The molecule has 2 atom stereocenters. The second kappa shape index (κ2) is 11.3. The van der Waals surface area contributed by atoms with Crippen LogP contribution in [0.2, 0.25) is 0 Å². The van der Waals surface area contributed by atoms with Crippen LogP contribution in [0.3, 0.4) is 0 Å². The van der Waals surface area contributed by atoms with Crippen LogP contribution in [0.25, 0.3) is 0 Å². The van der Waals surface area contributed by atoms with Crippen LogP contribution in [0.15, 0.2) is 63.8 Å². The number of ether oxygens (including phenoxy) is 2. The molecule has 10 heteroatoms. The van der Waals surface area contributed by atoms with Crippen LogP contribution in [-0.4, -0.2) is 81.3 Å². The molecule has 0 bridgehead atoms. The molecular formula is C27H28N6O4. The molecule has 1 N–H and O–H groups in total. The molecule has 3 heterocycles. The molecular weight excluding hydrogens is 472 g/mol. The number of nitrogens with zero attached hydrogens (tertiary/aromatic N) is 5. The van der Waals surface area contributed by atoms with Crippen molar-refractivity contribution in [3.05, 3.63) is 59.7 Å². The number of fused-ring (bicyclic) bond motifs is 1. The minimum atomic E-state index is -0.896. The average molecular weight is 501 g/mol. The van der Waals surface area contributed by atoms with E-state index in [4.69, 9.17) is 9.47 Å². The highest BCUT2D eigenvalue weighted by Crippen LogP contribution is 2.31. The van der Waals surface area contributed by atoms with Gasteiger partial charge in [-0.25, -0.2) is 4.99 Å². The van der Waals surface area contributed by atoms with Crippen molar-refractivity contribution in [1.82, 2.24) is 10.2 Å². The third-order valence-electron chi connectivity index (χ3n) is 6.32. The average Bonchev–Trinajstić information content (AvgIpc) is 3.36. The van der Waals surface area contributed by atoms with E-state index in [0.29, 0.717) is 24.4 Å². The van der Waals surface area contributed by atoms with Crippen LogP contribution in [0.4, 0.5) is 5.69 Å². The van der Waals surface area contributed by atoms with Gasteiger partial charge in [0.15, 0.2) is 6.17 Å². The van der Waals surface area contributed by atoms with E-state index in [1.165, 1.54) is 4.90 Å². The maximum atomic E-state index is 13.2. The second-order valence-corrected chi connectivity index (χ2v) is 8.95. The van der Waals surface area contributed by atoms with Crippen molar-refractivity contribution in [3.8, 4) is 17.6 Å². The zero-order valence-electron chi connectivity index (χ0n) is 20.6. The number of carbonyl (C=O) groups is 2. The molecule has 3 aliphatic heterocycles. The SMILES string of the molecule is CN1C(=O)[C@@H](NC(=O)C2=NC(Cc3ccccc3)N=N2)COc2ccc(C#CCN3CCOCC3)cc21. The number of hydrogen-bond donors (Lipinski definition) is 1. The summed E-state index contributed by atoms with van der Waals surface area (Å²) in [5, 5.41) is 10.7. The van der Waals surface area contributed by atoms with Crippen molar-refractivity contribution in [3.63, 3.8) is 0 Å². The molecule has 2 amide bonds. The van der Waals surface area contributed by atoms with Crippen molar-refractivity contribution in [1.29, 1.82) is 0 Å². The van der Waals surface area contributed by atoms with Crippen LogP contribution < -0.4 is 15.0 Å². The normalized spacial score (nSPS) is 21.3. The summed E-state index contributed by atoms with van der Waals surface area (Å²) in [6, 6.07) is 14.3. The fourth-order valence-electron chi connectivity index (χ4n) is 4.24. The number of anilines is 1. The number of azo groups is 1. The van der Waals surface area contributed by atoms with E-state index in [9.17, 15) is 9.59 Å². The fourth-order valence-corrected chi connectivity index (χ4v) is 4.24. The number of morpholine rings is 1. The number of nitrogens with one attached hydrogen (secondary N) is 1. The van der Waals surface area contributed by atoms with Gasteiger partial charge in [-0.1, -0.05) is 42.2 Å². The molecule has 0 aromatic heterocycles. The fraction of sp³-hybridized carbons (Fsp3) is 0.370. The highest BCUT2D eigenvalue weighted by Gasteiger charge is 2.32. The predicted molar refractivity (Wildman–Crippen MR) is 138 cm³/mol. The quantitative estimate of drug-likeness (QED) is 0.628. The van der Waals surface area contributed by atoms with Gasteiger partial charge >= 0.3 is 0 Å². The Bertz CT molecular complexity index is 1280. The Hall–Kier alpha value is -4.07. The van der Waals surface area contributed by atoms with E-state index < -0.39 is 18.1 Å². The van der Waals surface area contributed by atoms with Gasteiger partial charge in [-0.15, -0.1) is 5.11 Å². The molecule has 1 unspecified atom stereocenters. The molecule has 1 fully saturated rings. The lowest BCUT2D eigenvalue weighted by molar-refractivity contribution is -0.124. The molecule has 1 saturated heterocycles. The number of amides is 2. The Labute approximate surface area is 215 Å². The van der Waals surface area contributed by atoms with Gasteiger partial charge < -0.3 is 19.7 Å². The number of rotatable bonds is 5. The van der Waals surface area contributed by atoms with Gasteiger partial charge in [0.1, 0.15) is 18.4 Å². The largest absolute Gasteiger partial charge is 0.489 e. The molecule has 37 heavy (non-hydrogen) atoms. The van der Waals surface area contributed by atoms with Crippen molar-refractivity contribution in [2.75, 3.05) is 51.4 Å². The highest BCUT2D eigenvalue weighted by atomic mass is 16.5. The molecule has 0 saturated carbocycles. The van der Waals surface area contributed by atoms with E-state index in [1.807, 2.05) is 42.5 Å². The summed E-state index contributed by atoms with van der Waals surface area (Å²) in [5.74, 6) is 6.00. The smallest absolute Gasteiger partial charge is 0.291 e. The Kier molecular flexibility index (Phi) is 7.54. The minimum absolute atomic E-state index is 0.0121. The van der Waals surface area contributed by atoms with E-state index in [-0.39, 0.29) is 18.3 Å². The molecule has 190 valence electrons. The molecule has 2 aromatic carbocycles. The predicted octanol–water partition coefficient (Wildman–Crippen LogP) is 1.64. The lowest BCUT2D eigenvalue weighted by Crippen LogP contribution is -2.50. The minimum Gasteiger partial charge on any atom is -0.489 e. The summed E-state index contributed by atoms with van der Waals surface area (Å²) in [6.45, 7) is 3.85. The molecule has 0 radical (unpaired) electrons. The van der Waals surface area contributed by atoms with E-state index in [0.717, 1.165) is 37.4 Å². The van der Waals surface area contributed by atoms with Crippen molar-refractivity contribution >= 4 is 23.3 Å². The number of benzene rings is 2. The molecule has 0 spiro atoms. The zero-order chi connectivity index (χ0) is 25.6. The first-order valence-electron chi connectivity index (χ1n) is 12.2. The topological polar surface area (TPSA) is 108 Å². The lowest BCUT2D eigenvalue weighted by atomic mass is 10.1. The summed E-state index contributed by atoms with van der Waals surface area (Å²) >= 11 is 0. The molecule has 5 rings (SSSR count). The van der Waals surface area contributed by atoms with Gasteiger partial charge in [-0.3, -0.25) is 14.5 Å². The molecule has 3 aliphatic rings. The second-order valence-electron chi connectivity index (χ2n) is 8.95. The van der Waals surface area contributed by atoms with Crippen LogP contribution >= 0.6 is 0 Å². The Morgan fingerprint density at radius 1 is 1.16 bits per heavy atom. The van der Waals surface area contributed by atoms with Crippen molar-refractivity contribution < 1.29 is 19.1 Å². The van der Waals surface area contributed by atoms with Crippen molar-refractivity contribution in [2.24, 2.45) is 15.2 Å². The maximum Gasteiger partial charge on any atom is 0.291 e. The standard InChI is InChI=1S/C27H28N6O4/c1-32-22-16-20(8-5-11-33-12-14-36-15-13-33)9-10-23(22)37-18-21(27(32)35)28-26(34)25-29-24(30-31-25)17-19-6-3-2-4-7-19/h2-4,6-7,9-10,16,21,24H,11-15,17-18H2,1H3,(H,28,34)/t21-,24?/m0/s1. The molecule has 10 nitrogen and oxygen atoms in total. The number of likely N-dealkylation sites (N-methyl/N-ethyl adjacent to an activating group) is 1. The number of carbonyl (C=O) groups excluding carboxylic acids is 2. The zero-order valence-corrected chi connectivity index (χ0v) is 20.6. The van der Waals surface area contributed by atoms with Crippen LogP contribution in [-0.2, 0) is 20.7 Å². The monoisotopic (exact) mass is 500 g/mol. The summed E-state index contributed by atoms with van der Waals surface area (Å²) in [7, 11) is 1.66. The van der Waals surface area contributed by atoms with E-state index in [1.54, 1.807) is 13.1 Å². The van der Waals surface area contributed by atoms with Crippen LogP contribution in [0.5, 0.6) is 5.75 Å². The van der Waals surface area contributed by atoms with E-state index >= 15 is 0 Å². The van der Waals surface area contributed by atoms with Crippen LogP contribution in [0.1, 0.15) is 11.1 Å². The molecule has 2 aromatic rings. The molecule has 0 aliphatic carbocycles. The first-order chi connectivity index (χ1) is 18.1. The third-order valence-corrected chi connectivity index (χ3v) is 6.32. The Balaban J connectivity index is 1.21. The van der Waals surface area contributed by atoms with Gasteiger partial charge in [-0.05, 0) is 23.8 Å². The lowest BCUT2D eigenvalue weighted by Gasteiger charge is -2.24. The van der Waals surface area contributed by atoms with Gasteiger partial charge in [0.05, 0.1) is 25.4 Å². The van der Waals surface area contributed by atoms with Crippen molar-refractivity contribution in [2.45, 2.75) is 18.6 Å². The summed E-state index contributed by atoms with van der Waals surface area (Å²) in [5.41, 5.74) is 2.43. The Morgan fingerprint density at radius 2 is 1.97 bits per heavy atom. The van der Waals surface area contributed by atoms with Gasteiger partial charge in [0.25, 0.3) is 11.8 Å². The number of amidine groups is 1. The highest BCUT2D eigenvalue weighted by molar-refractivity contribution is 6.38. The first kappa shape index (κ1) is 24.6. The summed E-state index contributed by atoms with van der Waals surface area (Å²) in [4.78, 5) is 34.0. The Morgan fingerprint density at radius 3 is 2.78 bits per heavy atom. The maximum absolute atomic E-state index is 13.2. The first-order valence-corrected chi connectivity index (χ1v) is 12.2. The summed E-state index contributed by atoms with van der Waals surface area (Å²) < 4.78 is 11.2. The van der Waals surface area contributed by atoms with Gasteiger partial charge in [0, 0.05) is 32.1 Å².